The molecule has 2 aromatic carbocycles. The van der Waals surface area contributed by atoms with Crippen molar-refractivity contribution in [1.29, 1.82) is 0 Å². The van der Waals surface area contributed by atoms with Crippen molar-refractivity contribution in [3.05, 3.63) is 42.5 Å². The molecule has 2 N–H and O–H groups in total. The van der Waals surface area contributed by atoms with Crippen molar-refractivity contribution >= 4 is 28.7 Å². The summed E-state index contributed by atoms with van der Waals surface area (Å²) in [6, 6.07) is 9.71. The Morgan fingerprint density at radius 3 is 2.09 bits per heavy atom. The van der Waals surface area contributed by atoms with E-state index in [1.807, 2.05) is 0 Å². The number of para-hydroxylation sites is 2. The van der Waals surface area contributed by atoms with E-state index in [-0.39, 0.29) is 10.8 Å². The molecule has 0 unspecified atom stereocenters. The Morgan fingerprint density at radius 2 is 1.53 bits per heavy atom. The maximum atomic E-state index is 13.1. The zero-order valence-corrected chi connectivity index (χ0v) is 17.1. The summed E-state index contributed by atoms with van der Waals surface area (Å²) in [5, 5.41) is 5.38. The van der Waals surface area contributed by atoms with Crippen LogP contribution in [0.1, 0.15) is 0 Å². The second-order valence-corrected chi connectivity index (χ2v) is 6.64. The Kier molecular flexibility index (Phi) is 8.36. The molecule has 0 saturated carbocycles. The van der Waals surface area contributed by atoms with Gasteiger partial charge in [0.05, 0.1) is 12.8 Å². The molecule has 0 aromatic heterocycles. The van der Waals surface area contributed by atoms with Gasteiger partial charge in [0.2, 0.25) is 0 Å². The Bertz CT molecular complexity index is 926. The molecule has 0 spiro atoms. The van der Waals surface area contributed by atoms with Crippen molar-refractivity contribution in [3.8, 4) is 17.2 Å². The van der Waals surface area contributed by atoms with Gasteiger partial charge in [-0.15, -0.1) is 0 Å². The highest BCUT2D eigenvalue weighted by Gasteiger charge is 2.41. The molecular weight excluding hydrogens is 469 g/mol. The number of halogens is 7. The molecule has 0 fully saturated rings. The molecule has 0 aliphatic heterocycles. The van der Waals surface area contributed by atoms with Crippen molar-refractivity contribution in [2.75, 3.05) is 31.0 Å². The Balaban J connectivity index is 2.20. The largest absolute Gasteiger partial charge is 0.495 e. The monoisotopic (exact) mass is 486 g/mol. The lowest BCUT2D eigenvalue weighted by Crippen LogP contribution is -2.33. The third-order valence-corrected chi connectivity index (χ3v) is 3.85. The van der Waals surface area contributed by atoms with Gasteiger partial charge in [0, 0.05) is 23.9 Å². The van der Waals surface area contributed by atoms with E-state index in [4.69, 9.17) is 17.0 Å². The fourth-order valence-electron chi connectivity index (χ4n) is 2.25. The minimum absolute atomic E-state index is 0.00700. The lowest BCUT2D eigenvalue weighted by molar-refractivity contribution is -0.153. The van der Waals surface area contributed by atoms with Crippen LogP contribution in [-0.2, 0) is 0 Å². The van der Waals surface area contributed by atoms with Gasteiger partial charge in [-0.25, -0.2) is 8.78 Å². The number of hydrogen-bond acceptors (Lipinski definition) is 4. The number of alkyl halides is 7. The first-order valence-electron chi connectivity index (χ1n) is 8.74. The minimum atomic E-state index is -4.67. The molecule has 2 rings (SSSR count). The quantitative estimate of drug-likeness (QED) is 0.349. The van der Waals surface area contributed by atoms with Crippen molar-refractivity contribution in [2.24, 2.45) is 0 Å². The number of thiocarbonyl (C=S) groups is 1. The van der Waals surface area contributed by atoms with Crippen LogP contribution in [0.4, 0.5) is 42.1 Å². The second kappa shape index (κ2) is 10.6. The highest BCUT2D eigenvalue weighted by molar-refractivity contribution is 7.80. The molecule has 0 aliphatic rings. The first-order chi connectivity index (χ1) is 14.9. The third-order valence-electron chi connectivity index (χ3n) is 3.65. The van der Waals surface area contributed by atoms with Crippen LogP contribution in [0, 0.1) is 0 Å². The van der Waals surface area contributed by atoms with E-state index in [1.54, 1.807) is 24.3 Å². The Morgan fingerprint density at radius 1 is 0.938 bits per heavy atom. The van der Waals surface area contributed by atoms with Gasteiger partial charge in [-0.1, -0.05) is 12.1 Å². The molecule has 5 nitrogen and oxygen atoms in total. The fourth-order valence-corrected chi connectivity index (χ4v) is 2.48. The smallest absolute Gasteiger partial charge is 0.422 e. The number of methoxy groups -OCH3 is 1. The molecule has 0 atom stereocenters. The van der Waals surface area contributed by atoms with Crippen LogP contribution < -0.4 is 24.8 Å². The molecule has 0 bridgehead atoms. The number of benzene rings is 2. The van der Waals surface area contributed by atoms with Crippen LogP contribution in [-0.4, -0.2) is 44.0 Å². The fraction of sp³-hybridized carbons (Fsp3) is 0.316. The average Bonchev–Trinajstić information content (AvgIpc) is 2.70. The van der Waals surface area contributed by atoms with E-state index < -0.39 is 43.2 Å². The van der Waals surface area contributed by atoms with Gasteiger partial charge in [-0.05, 0) is 24.4 Å². The number of hydrogen-bond donors (Lipinski definition) is 2. The van der Waals surface area contributed by atoms with E-state index in [0.717, 1.165) is 18.2 Å². The van der Waals surface area contributed by atoms with Crippen LogP contribution in [0.5, 0.6) is 17.2 Å². The number of rotatable bonds is 9. The standard InChI is InChI=1S/C19H17F7N2O3S/c1-29-15-5-3-2-4-14(15)28-17(32)27-11-6-12(30-9-18(22,23)16(20)21)8-13(7-11)31-10-19(24,25)26/h2-8,16H,9-10H2,1H3,(H2,27,28,32). The lowest BCUT2D eigenvalue weighted by atomic mass is 10.2. The number of ether oxygens (including phenoxy) is 3. The molecular formula is C19H17F7N2O3S. The van der Waals surface area contributed by atoms with Gasteiger partial charge < -0.3 is 24.8 Å². The highest BCUT2D eigenvalue weighted by Crippen LogP contribution is 2.31. The summed E-state index contributed by atoms with van der Waals surface area (Å²) < 4.78 is 103. The maximum Gasteiger partial charge on any atom is 0.422 e. The predicted octanol–water partition coefficient (Wildman–Crippen LogP) is 5.72. The summed E-state index contributed by atoms with van der Waals surface area (Å²) in [7, 11) is 1.43. The predicted molar refractivity (Wildman–Crippen MR) is 107 cm³/mol. The van der Waals surface area contributed by atoms with E-state index in [2.05, 4.69) is 20.1 Å². The maximum absolute atomic E-state index is 13.1. The molecule has 13 heteroatoms. The Labute approximate surface area is 183 Å². The molecule has 0 radical (unpaired) electrons. The summed E-state index contributed by atoms with van der Waals surface area (Å²) in [5.41, 5.74) is 0.456. The van der Waals surface area contributed by atoms with Crippen LogP contribution in [0.3, 0.4) is 0 Å². The zero-order chi connectivity index (χ0) is 23.9. The van der Waals surface area contributed by atoms with Crippen LogP contribution >= 0.6 is 12.2 Å². The van der Waals surface area contributed by atoms with Crippen molar-refractivity contribution < 1.29 is 44.9 Å². The van der Waals surface area contributed by atoms with E-state index >= 15 is 0 Å². The lowest BCUT2D eigenvalue weighted by Gasteiger charge is -2.18. The average molecular weight is 486 g/mol. The van der Waals surface area contributed by atoms with Crippen LogP contribution in [0.2, 0.25) is 0 Å². The van der Waals surface area contributed by atoms with Gasteiger partial charge in [0.25, 0.3) is 0 Å². The van der Waals surface area contributed by atoms with Crippen molar-refractivity contribution in [1.82, 2.24) is 0 Å². The van der Waals surface area contributed by atoms with Crippen molar-refractivity contribution in [3.63, 3.8) is 0 Å². The first kappa shape index (κ1) is 25.3. The SMILES string of the molecule is COc1ccccc1NC(=S)Nc1cc(OCC(F)(F)F)cc(OCC(F)(F)C(F)F)c1. The van der Waals surface area contributed by atoms with E-state index in [0.29, 0.717) is 11.4 Å². The van der Waals surface area contributed by atoms with Gasteiger partial charge >= 0.3 is 18.5 Å². The molecule has 176 valence electrons. The first-order valence-corrected chi connectivity index (χ1v) is 9.15. The second-order valence-electron chi connectivity index (χ2n) is 6.23. The highest BCUT2D eigenvalue weighted by atomic mass is 32.1. The summed E-state index contributed by atoms with van der Waals surface area (Å²) >= 11 is 5.14. The number of anilines is 2. The summed E-state index contributed by atoms with van der Waals surface area (Å²) in [6.07, 6.45) is -8.66. The molecule has 2 aromatic rings. The summed E-state index contributed by atoms with van der Waals surface area (Å²) in [4.78, 5) is 0. The van der Waals surface area contributed by atoms with Gasteiger partial charge in [-0.2, -0.15) is 22.0 Å². The Hall–Kier alpha value is -2.96. The van der Waals surface area contributed by atoms with Crippen molar-refractivity contribution in [2.45, 2.75) is 18.5 Å². The van der Waals surface area contributed by atoms with Gasteiger partial charge in [0.1, 0.15) is 17.2 Å². The molecule has 32 heavy (non-hydrogen) atoms. The van der Waals surface area contributed by atoms with E-state index in [1.165, 1.54) is 7.11 Å². The third kappa shape index (κ3) is 7.94. The van der Waals surface area contributed by atoms with Gasteiger partial charge in [-0.3, -0.25) is 0 Å². The van der Waals surface area contributed by atoms with E-state index in [9.17, 15) is 30.7 Å². The molecule has 0 saturated heterocycles. The van der Waals surface area contributed by atoms with Crippen LogP contribution in [0.25, 0.3) is 0 Å². The molecule has 0 aliphatic carbocycles. The molecule has 0 heterocycles. The summed E-state index contributed by atoms with van der Waals surface area (Å²) in [5.74, 6) is -4.87. The molecule has 0 amide bonds. The summed E-state index contributed by atoms with van der Waals surface area (Å²) in [6.45, 7) is -3.37. The topological polar surface area (TPSA) is 51.8 Å². The number of nitrogens with one attached hydrogen (secondary N) is 2. The normalized spacial score (nSPS) is 11.8. The van der Waals surface area contributed by atoms with Crippen LogP contribution in [0.15, 0.2) is 42.5 Å². The van der Waals surface area contributed by atoms with Gasteiger partial charge in [0.15, 0.2) is 18.3 Å². The zero-order valence-electron chi connectivity index (χ0n) is 16.3. The minimum Gasteiger partial charge on any atom is -0.495 e.